The lowest BCUT2D eigenvalue weighted by atomic mass is 10.4. The first kappa shape index (κ1) is 12.2. The van der Waals surface area contributed by atoms with E-state index in [0.717, 1.165) is 10.6 Å². The summed E-state index contributed by atoms with van der Waals surface area (Å²) in [6.07, 6.45) is 0. The lowest BCUT2D eigenvalue weighted by molar-refractivity contribution is 0.538. The second kappa shape index (κ2) is 5.92. The molecule has 0 aliphatic heterocycles. The van der Waals surface area contributed by atoms with Crippen molar-refractivity contribution in [3.05, 3.63) is 60.7 Å². The molecule has 5 heteroatoms. The first-order chi connectivity index (χ1) is 8.27. The molecule has 0 heterocycles. The molecule has 88 valence electrons. The minimum Gasteiger partial charge on any atom is -0.240 e. The third-order valence-electron chi connectivity index (χ3n) is 2.13. The highest BCUT2D eigenvalue weighted by molar-refractivity contribution is 7.80. The number of hydrogen-bond donors (Lipinski definition) is 1. The Balaban J connectivity index is 2.39. The van der Waals surface area contributed by atoms with Crippen LogP contribution in [0.5, 0.6) is 0 Å². The van der Waals surface area contributed by atoms with Crippen LogP contribution >= 0.6 is 8.15 Å². The van der Waals surface area contributed by atoms with E-state index in [1.807, 2.05) is 60.7 Å². The zero-order valence-corrected chi connectivity index (χ0v) is 10.7. The monoisotopic (exact) mass is 266 g/mol. The Morgan fingerprint density at radius 3 is 1.53 bits per heavy atom. The third-order valence-corrected chi connectivity index (χ3v) is 4.85. The summed E-state index contributed by atoms with van der Waals surface area (Å²) in [5.41, 5.74) is 0. The highest BCUT2D eigenvalue weighted by Crippen LogP contribution is 2.34. The van der Waals surface area contributed by atoms with Gasteiger partial charge in [-0.2, -0.15) is 0 Å². The fourth-order valence-corrected chi connectivity index (χ4v) is 3.91. The lowest BCUT2D eigenvalue weighted by Crippen LogP contribution is -2.12. The van der Waals surface area contributed by atoms with Gasteiger partial charge >= 0.3 is 0 Å². The predicted molar refractivity (Wildman–Crippen MR) is 70.5 cm³/mol. The van der Waals surface area contributed by atoms with Crippen LogP contribution in [0.1, 0.15) is 0 Å². The van der Waals surface area contributed by atoms with Gasteiger partial charge in [-0.3, -0.25) is 0 Å². The molecule has 0 fully saturated rings. The summed E-state index contributed by atoms with van der Waals surface area (Å²) < 4.78 is 26.6. The van der Waals surface area contributed by atoms with Crippen LogP contribution in [0.3, 0.4) is 0 Å². The molecule has 0 spiro atoms. The van der Waals surface area contributed by atoms with Crippen molar-refractivity contribution in [1.29, 1.82) is 0 Å². The van der Waals surface area contributed by atoms with Crippen LogP contribution in [0.2, 0.25) is 0 Å². The normalized spacial score (nSPS) is 10.9. The number of thiol groups is 1. The van der Waals surface area contributed by atoms with Crippen LogP contribution in [-0.2, 0) is 15.0 Å². The molecule has 17 heavy (non-hydrogen) atoms. The van der Waals surface area contributed by atoms with E-state index in [-0.39, 0.29) is 0 Å². The minimum atomic E-state index is -2.86. The Kier molecular flexibility index (Phi) is 4.26. The van der Waals surface area contributed by atoms with Gasteiger partial charge in [-0.25, -0.2) is 12.4 Å². The fourth-order valence-electron chi connectivity index (χ4n) is 1.44. The van der Waals surface area contributed by atoms with Gasteiger partial charge in [-0.1, -0.05) is 60.7 Å². The maximum absolute atomic E-state index is 10.8. The van der Waals surface area contributed by atoms with Gasteiger partial charge in [-0.05, 0) is 0 Å². The standard InChI is InChI=1S/C12H11O3PS/c13-17(14)15-16(11-7-3-1-4-8-11)12-9-5-2-6-10-12/h1-10,17H. The van der Waals surface area contributed by atoms with E-state index >= 15 is 0 Å². The molecule has 2 aromatic rings. The molecule has 0 atom stereocenters. The molecule has 0 aromatic heterocycles. The largest absolute Gasteiger partial charge is 0.260 e. The van der Waals surface area contributed by atoms with Crippen molar-refractivity contribution in [2.45, 2.75) is 0 Å². The SMILES string of the molecule is O=[SH](=O)OP(c1ccccc1)c1ccccc1. The topological polar surface area (TPSA) is 43.4 Å². The second-order valence-electron chi connectivity index (χ2n) is 3.27. The quantitative estimate of drug-likeness (QED) is 0.675. The van der Waals surface area contributed by atoms with Crippen LogP contribution in [0.15, 0.2) is 60.7 Å². The molecular formula is C12H11O3PS. The number of rotatable bonds is 4. The molecule has 2 aromatic carbocycles. The Morgan fingerprint density at radius 1 is 0.765 bits per heavy atom. The predicted octanol–water partition coefficient (Wildman–Crippen LogP) is 1.58. The molecule has 0 unspecified atom stereocenters. The minimum absolute atomic E-state index is 0.882. The van der Waals surface area contributed by atoms with Crippen molar-refractivity contribution in [1.82, 2.24) is 0 Å². The van der Waals surface area contributed by atoms with Gasteiger partial charge < -0.3 is 0 Å². The summed E-state index contributed by atoms with van der Waals surface area (Å²) in [6.45, 7) is 0. The van der Waals surface area contributed by atoms with E-state index in [1.165, 1.54) is 0 Å². The van der Waals surface area contributed by atoms with Gasteiger partial charge in [0.1, 0.15) is 8.15 Å². The number of hydrogen-bond acceptors (Lipinski definition) is 3. The molecule has 2 rings (SSSR count). The molecule has 0 saturated carbocycles. The van der Waals surface area contributed by atoms with Crippen molar-refractivity contribution in [2.75, 3.05) is 0 Å². The molecule has 0 amide bonds. The summed E-state index contributed by atoms with van der Waals surface area (Å²) in [6, 6.07) is 18.7. The molecule has 0 saturated heterocycles. The Hall–Kier alpha value is -1.22. The van der Waals surface area contributed by atoms with Crippen molar-refractivity contribution in [3.8, 4) is 0 Å². The van der Waals surface area contributed by atoms with Crippen LogP contribution < -0.4 is 10.6 Å². The first-order valence-corrected chi connectivity index (χ1v) is 7.35. The van der Waals surface area contributed by atoms with Gasteiger partial charge in [0.2, 0.25) is 0 Å². The van der Waals surface area contributed by atoms with Crippen molar-refractivity contribution in [2.24, 2.45) is 0 Å². The maximum atomic E-state index is 10.8. The van der Waals surface area contributed by atoms with E-state index in [1.54, 1.807) is 0 Å². The second-order valence-corrected chi connectivity index (χ2v) is 5.99. The summed E-state index contributed by atoms with van der Waals surface area (Å²) in [4.78, 5) is 0. The zero-order valence-electron chi connectivity index (χ0n) is 8.89. The Labute approximate surface area is 103 Å². The van der Waals surface area contributed by atoms with Crippen molar-refractivity contribution >= 4 is 29.7 Å². The smallest absolute Gasteiger partial charge is 0.240 e. The maximum Gasteiger partial charge on any atom is 0.260 e. The summed E-state index contributed by atoms with van der Waals surface area (Å²) in [5, 5.41) is 1.76. The average molecular weight is 266 g/mol. The summed E-state index contributed by atoms with van der Waals surface area (Å²) in [7, 11) is -4.14. The van der Waals surface area contributed by atoms with Crippen LogP contribution in [-0.4, -0.2) is 8.42 Å². The average Bonchev–Trinajstić information content (AvgIpc) is 2.38. The molecule has 0 radical (unpaired) electrons. The number of benzene rings is 2. The first-order valence-electron chi connectivity index (χ1n) is 5.00. The van der Waals surface area contributed by atoms with Gasteiger partial charge in [0.25, 0.3) is 11.0 Å². The Morgan fingerprint density at radius 2 is 1.18 bits per heavy atom. The highest BCUT2D eigenvalue weighted by atomic mass is 32.2. The van der Waals surface area contributed by atoms with Crippen molar-refractivity contribution < 1.29 is 12.4 Å². The molecular weight excluding hydrogens is 255 g/mol. The lowest BCUT2D eigenvalue weighted by Gasteiger charge is -2.13. The molecule has 0 N–H and O–H groups in total. The fraction of sp³-hybridized carbons (Fsp3) is 0. The van der Waals surface area contributed by atoms with Crippen LogP contribution in [0.25, 0.3) is 0 Å². The molecule has 0 aliphatic rings. The van der Waals surface area contributed by atoms with Crippen LogP contribution in [0, 0.1) is 0 Å². The van der Waals surface area contributed by atoms with E-state index in [9.17, 15) is 8.42 Å². The van der Waals surface area contributed by atoms with Gasteiger partial charge in [0.05, 0.1) is 0 Å². The summed E-state index contributed by atoms with van der Waals surface area (Å²) >= 11 is 0. The highest BCUT2D eigenvalue weighted by Gasteiger charge is 2.15. The third kappa shape index (κ3) is 3.37. The van der Waals surface area contributed by atoms with E-state index in [2.05, 4.69) is 0 Å². The van der Waals surface area contributed by atoms with Crippen LogP contribution in [0.4, 0.5) is 0 Å². The van der Waals surface area contributed by atoms with Gasteiger partial charge in [0, 0.05) is 10.6 Å². The van der Waals surface area contributed by atoms with Crippen molar-refractivity contribution in [3.63, 3.8) is 0 Å². The zero-order chi connectivity index (χ0) is 12.1. The molecule has 3 nitrogen and oxygen atoms in total. The van der Waals surface area contributed by atoms with E-state index < -0.39 is 19.1 Å². The molecule has 0 aliphatic carbocycles. The van der Waals surface area contributed by atoms with Gasteiger partial charge in [-0.15, -0.1) is 0 Å². The summed E-state index contributed by atoms with van der Waals surface area (Å²) in [5.74, 6) is 0. The van der Waals surface area contributed by atoms with E-state index in [4.69, 9.17) is 3.97 Å². The van der Waals surface area contributed by atoms with E-state index in [0.29, 0.717) is 0 Å². The Bertz CT molecular complexity index is 493. The van der Waals surface area contributed by atoms with Gasteiger partial charge in [0.15, 0.2) is 0 Å². The molecule has 0 bridgehead atoms.